The molecule has 0 aliphatic heterocycles. The van der Waals surface area contributed by atoms with Crippen LogP contribution in [0.4, 0.5) is 0 Å². The molecule has 0 saturated carbocycles. The Morgan fingerprint density at radius 3 is 2.90 bits per heavy atom. The average Bonchev–Trinajstić information content (AvgIpc) is 2.82. The molecule has 0 amide bonds. The van der Waals surface area contributed by atoms with E-state index in [1.165, 1.54) is 5.56 Å². The molecule has 2 aromatic heterocycles. The van der Waals surface area contributed by atoms with Gasteiger partial charge >= 0.3 is 0 Å². The molecule has 2 aromatic rings. The zero-order chi connectivity index (χ0) is 14.3. The number of nitrogens with one attached hydrogen (secondary N) is 1. The molecule has 0 fully saturated rings. The van der Waals surface area contributed by atoms with E-state index in [2.05, 4.69) is 40.1 Å². The van der Waals surface area contributed by atoms with Crippen LogP contribution in [0.5, 0.6) is 0 Å². The molecule has 2 heterocycles. The molecular weight excluding hydrogens is 318 g/mol. The van der Waals surface area contributed by atoms with Crippen molar-refractivity contribution in [3.63, 3.8) is 0 Å². The number of furan rings is 1. The van der Waals surface area contributed by atoms with E-state index in [1.54, 1.807) is 6.26 Å². The van der Waals surface area contributed by atoms with Crippen LogP contribution >= 0.6 is 15.9 Å². The minimum absolute atomic E-state index is 0.243. The average molecular weight is 336 g/mol. The number of hydrogen-bond donors (Lipinski definition) is 1. The van der Waals surface area contributed by atoms with Gasteiger partial charge in [-0.1, -0.05) is 13.8 Å². The van der Waals surface area contributed by atoms with Crippen molar-refractivity contribution in [2.24, 2.45) is 5.41 Å². The predicted molar refractivity (Wildman–Crippen MR) is 81.3 cm³/mol. The topological polar surface area (TPSA) is 51.0 Å². The highest BCUT2D eigenvalue weighted by molar-refractivity contribution is 9.10. The van der Waals surface area contributed by atoms with Crippen molar-refractivity contribution in [2.75, 3.05) is 7.05 Å². The second-order valence-corrected chi connectivity index (χ2v) is 6.93. The first kappa shape index (κ1) is 13.8. The minimum Gasteiger partial charge on any atom is -0.460 e. The van der Waals surface area contributed by atoms with Crippen LogP contribution in [0.1, 0.15) is 37.6 Å². The third-order valence-electron chi connectivity index (χ3n) is 3.85. The van der Waals surface area contributed by atoms with E-state index in [9.17, 15) is 0 Å². The molecule has 20 heavy (non-hydrogen) atoms. The van der Waals surface area contributed by atoms with Crippen molar-refractivity contribution in [3.8, 4) is 11.6 Å². The molecule has 1 N–H and O–H groups in total. The normalized spacial score (nSPS) is 20.7. The summed E-state index contributed by atoms with van der Waals surface area (Å²) in [6, 6.07) is 2.18. The van der Waals surface area contributed by atoms with Gasteiger partial charge in [0.05, 0.1) is 10.7 Å². The molecule has 1 aliphatic rings. The zero-order valence-electron chi connectivity index (χ0n) is 11.9. The summed E-state index contributed by atoms with van der Waals surface area (Å²) in [7, 11) is 1.99. The molecule has 3 rings (SSSR count). The molecule has 1 unspecified atom stereocenters. The van der Waals surface area contributed by atoms with E-state index in [0.29, 0.717) is 17.6 Å². The molecule has 0 bridgehead atoms. The van der Waals surface area contributed by atoms with Crippen LogP contribution < -0.4 is 5.32 Å². The van der Waals surface area contributed by atoms with Crippen molar-refractivity contribution in [2.45, 2.75) is 32.7 Å². The Balaban J connectivity index is 2.06. The molecule has 1 atom stereocenters. The summed E-state index contributed by atoms with van der Waals surface area (Å²) < 4.78 is 6.35. The first-order valence-corrected chi connectivity index (χ1v) is 7.56. The van der Waals surface area contributed by atoms with Crippen LogP contribution in [0.25, 0.3) is 11.6 Å². The van der Waals surface area contributed by atoms with E-state index in [4.69, 9.17) is 9.40 Å². The molecule has 0 saturated heterocycles. The molecule has 0 radical (unpaired) electrons. The van der Waals surface area contributed by atoms with Crippen LogP contribution in [-0.2, 0) is 6.42 Å². The van der Waals surface area contributed by atoms with Crippen molar-refractivity contribution in [1.82, 2.24) is 15.3 Å². The second-order valence-electron chi connectivity index (χ2n) is 6.08. The van der Waals surface area contributed by atoms with Crippen LogP contribution in [0, 0.1) is 5.41 Å². The van der Waals surface area contributed by atoms with Crippen molar-refractivity contribution < 1.29 is 4.42 Å². The van der Waals surface area contributed by atoms with E-state index in [-0.39, 0.29) is 5.41 Å². The quantitative estimate of drug-likeness (QED) is 0.908. The maximum atomic E-state index is 5.46. The van der Waals surface area contributed by atoms with Gasteiger partial charge in [-0.05, 0) is 47.3 Å². The SMILES string of the molecule is CNC1CC(C)(C)Cc2nc(-c3occc3Br)ncc21. The second kappa shape index (κ2) is 4.97. The van der Waals surface area contributed by atoms with Crippen molar-refractivity contribution in [3.05, 3.63) is 34.3 Å². The third-order valence-corrected chi connectivity index (χ3v) is 4.47. The Morgan fingerprint density at radius 1 is 1.45 bits per heavy atom. The fraction of sp³-hybridized carbons (Fsp3) is 0.467. The van der Waals surface area contributed by atoms with Gasteiger partial charge < -0.3 is 9.73 Å². The first-order chi connectivity index (χ1) is 9.50. The van der Waals surface area contributed by atoms with E-state index in [1.807, 2.05) is 19.3 Å². The molecule has 106 valence electrons. The van der Waals surface area contributed by atoms with E-state index >= 15 is 0 Å². The highest BCUT2D eigenvalue weighted by atomic mass is 79.9. The standard InChI is InChI=1S/C15H18BrN3O/c1-15(2)6-11(17-3)9-8-18-14(19-12(9)7-15)13-10(16)4-5-20-13/h4-5,8,11,17H,6-7H2,1-3H3. The summed E-state index contributed by atoms with van der Waals surface area (Å²) in [6.45, 7) is 4.57. The number of aromatic nitrogens is 2. The lowest BCUT2D eigenvalue weighted by Crippen LogP contribution is -2.32. The molecule has 5 heteroatoms. The Labute approximate surface area is 127 Å². The van der Waals surface area contributed by atoms with Gasteiger partial charge in [-0.15, -0.1) is 0 Å². The summed E-state index contributed by atoms with van der Waals surface area (Å²) in [5.41, 5.74) is 2.57. The van der Waals surface area contributed by atoms with Gasteiger partial charge in [0, 0.05) is 23.5 Å². The Kier molecular flexibility index (Phi) is 3.42. The van der Waals surface area contributed by atoms with Crippen LogP contribution in [-0.4, -0.2) is 17.0 Å². The monoisotopic (exact) mass is 335 g/mol. The maximum absolute atomic E-state index is 5.46. The highest BCUT2D eigenvalue weighted by Gasteiger charge is 2.33. The van der Waals surface area contributed by atoms with Gasteiger partial charge in [0.1, 0.15) is 0 Å². The number of fused-ring (bicyclic) bond motifs is 1. The maximum Gasteiger partial charge on any atom is 0.197 e. The molecule has 0 aromatic carbocycles. The predicted octanol–water partition coefficient (Wildman–Crippen LogP) is 3.73. The van der Waals surface area contributed by atoms with Gasteiger partial charge in [-0.3, -0.25) is 0 Å². The van der Waals surface area contributed by atoms with Gasteiger partial charge in [-0.2, -0.15) is 0 Å². The lowest BCUT2D eigenvalue weighted by molar-refractivity contribution is 0.260. The van der Waals surface area contributed by atoms with Crippen molar-refractivity contribution >= 4 is 15.9 Å². The summed E-state index contributed by atoms with van der Waals surface area (Å²) in [6.07, 6.45) is 5.64. The molecule has 0 spiro atoms. The van der Waals surface area contributed by atoms with E-state index < -0.39 is 0 Å². The third kappa shape index (κ3) is 2.40. The number of rotatable bonds is 2. The first-order valence-electron chi connectivity index (χ1n) is 6.76. The van der Waals surface area contributed by atoms with Gasteiger partial charge in [-0.25, -0.2) is 9.97 Å². The van der Waals surface area contributed by atoms with Gasteiger partial charge in [0.2, 0.25) is 0 Å². The van der Waals surface area contributed by atoms with Gasteiger partial charge in [0.15, 0.2) is 11.6 Å². The summed E-state index contributed by atoms with van der Waals surface area (Å²) in [5.74, 6) is 1.34. The van der Waals surface area contributed by atoms with E-state index in [0.717, 1.165) is 23.0 Å². The molecular formula is C15H18BrN3O. The fourth-order valence-electron chi connectivity index (χ4n) is 2.87. The molecule has 1 aliphatic carbocycles. The summed E-state index contributed by atoms with van der Waals surface area (Å²) >= 11 is 3.46. The summed E-state index contributed by atoms with van der Waals surface area (Å²) in [5, 5.41) is 3.37. The minimum atomic E-state index is 0.243. The number of nitrogens with zero attached hydrogens (tertiary/aromatic N) is 2. The number of hydrogen-bond acceptors (Lipinski definition) is 4. The summed E-state index contributed by atoms with van der Waals surface area (Å²) in [4.78, 5) is 9.20. The van der Waals surface area contributed by atoms with Crippen LogP contribution in [0.3, 0.4) is 0 Å². The number of halogens is 1. The van der Waals surface area contributed by atoms with Crippen LogP contribution in [0.2, 0.25) is 0 Å². The zero-order valence-corrected chi connectivity index (χ0v) is 13.5. The van der Waals surface area contributed by atoms with Crippen LogP contribution in [0.15, 0.2) is 27.4 Å². The Morgan fingerprint density at radius 2 is 2.25 bits per heavy atom. The largest absolute Gasteiger partial charge is 0.460 e. The lowest BCUT2D eigenvalue weighted by atomic mass is 9.74. The molecule has 4 nitrogen and oxygen atoms in total. The lowest BCUT2D eigenvalue weighted by Gasteiger charge is -2.36. The smallest absolute Gasteiger partial charge is 0.197 e. The fourth-order valence-corrected chi connectivity index (χ4v) is 3.25. The van der Waals surface area contributed by atoms with Crippen molar-refractivity contribution in [1.29, 1.82) is 0 Å². The Bertz CT molecular complexity index is 636. The Hall–Kier alpha value is -1.20. The highest BCUT2D eigenvalue weighted by Crippen LogP contribution is 2.40. The van der Waals surface area contributed by atoms with Gasteiger partial charge in [0.25, 0.3) is 0 Å².